The van der Waals surface area contributed by atoms with E-state index in [2.05, 4.69) is 16.0 Å². The summed E-state index contributed by atoms with van der Waals surface area (Å²) in [7, 11) is 1.30. The van der Waals surface area contributed by atoms with Crippen LogP contribution in [-0.4, -0.2) is 53.4 Å². The van der Waals surface area contributed by atoms with Gasteiger partial charge in [0.05, 0.1) is 24.5 Å². The molecule has 4 amide bonds. The molecule has 0 radical (unpaired) electrons. The van der Waals surface area contributed by atoms with Gasteiger partial charge in [0.1, 0.15) is 10.7 Å². The molecule has 1 unspecified atom stereocenters. The highest BCUT2D eigenvalue weighted by molar-refractivity contribution is 8.00. The number of esters is 1. The molecule has 0 bridgehead atoms. The zero-order valence-corrected chi connectivity index (χ0v) is 28.2. The maximum atomic E-state index is 13.5. The summed E-state index contributed by atoms with van der Waals surface area (Å²) >= 11 is 2.55. The van der Waals surface area contributed by atoms with Gasteiger partial charge in [0.25, 0.3) is 11.8 Å². The van der Waals surface area contributed by atoms with Crippen LogP contribution < -0.4 is 16.0 Å². The molecule has 4 aromatic rings. The predicted octanol–water partition coefficient (Wildman–Crippen LogP) is 5.97. The molecule has 246 valence electrons. The van der Waals surface area contributed by atoms with E-state index >= 15 is 0 Å². The molecule has 48 heavy (non-hydrogen) atoms. The number of thioether (sulfide) groups is 1. The Labute approximate surface area is 286 Å². The number of methoxy groups -OCH3 is 1. The van der Waals surface area contributed by atoms with Crippen LogP contribution in [-0.2, 0) is 32.1 Å². The molecular weight excluding hydrogens is 649 g/mol. The number of rotatable bonds is 10. The summed E-state index contributed by atoms with van der Waals surface area (Å²) in [4.78, 5) is 67.7. The SMILES string of the molecule is COC(=O)c1c(NC(=O)C(C)Sc2cccc(NC(=O)/C(=C/c3ccccc3)NC(=O)c3ccccc3)c2)sc2c1CCN(C(C)=O)C2. The van der Waals surface area contributed by atoms with Crippen molar-refractivity contribution in [2.45, 2.75) is 37.0 Å². The van der Waals surface area contributed by atoms with Crippen molar-refractivity contribution < 1.29 is 28.7 Å². The molecule has 0 aliphatic carbocycles. The molecule has 3 aromatic carbocycles. The minimum atomic E-state index is -0.576. The minimum absolute atomic E-state index is 0.0527. The Morgan fingerprint density at radius 3 is 2.33 bits per heavy atom. The van der Waals surface area contributed by atoms with Gasteiger partial charge in [-0.15, -0.1) is 23.1 Å². The topological polar surface area (TPSA) is 134 Å². The van der Waals surface area contributed by atoms with Gasteiger partial charge in [-0.05, 0) is 60.9 Å². The zero-order valence-electron chi connectivity index (χ0n) is 26.6. The van der Waals surface area contributed by atoms with Crippen molar-refractivity contribution in [3.63, 3.8) is 0 Å². The number of nitrogens with one attached hydrogen (secondary N) is 3. The molecule has 10 nitrogen and oxygen atoms in total. The quantitative estimate of drug-likeness (QED) is 0.107. The van der Waals surface area contributed by atoms with E-state index in [1.807, 2.05) is 36.4 Å². The van der Waals surface area contributed by atoms with Crippen LogP contribution in [0.1, 0.15) is 50.6 Å². The molecule has 12 heteroatoms. The fourth-order valence-corrected chi connectivity index (χ4v) is 7.23. The first kappa shape index (κ1) is 34.1. The van der Waals surface area contributed by atoms with Crippen LogP contribution in [0, 0.1) is 0 Å². The molecule has 0 fully saturated rings. The van der Waals surface area contributed by atoms with E-state index in [4.69, 9.17) is 4.74 Å². The van der Waals surface area contributed by atoms with Crippen LogP contribution >= 0.6 is 23.1 Å². The highest BCUT2D eigenvalue weighted by atomic mass is 32.2. The molecule has 0 spiro atoms. The fourth-order valence-electron chi connectivity index (χ4n) is 5.05. The van der Waals surface area contributed by atoms with Crippen LogP contribution in [0.3, 0.4) is 0 Å². The van der Waals surface area contributed by atoms with E-state index in [0.717, 1.165) is 16.0 Å². The number of hydrogen-bond donors (Lipinski definition) is 3. The highest BCUT2D eigenvalue weighted by Gasteiger charge is 2.31. The Morgan fingerprint density at radius 1 is 0.938 bits per heavy atom. The van der Waals surface area contributed by atoms with Crippen LogP contribution in [0.25, 0.3) is 6.08 Å². The van der Waals surface area contributed by atoms with E-state index in [1.165, 1.54) is 37.1 Å². The van der Waals surface area contributed by atoms with Crippen molar-refractivity contribution in [3.8, 4) is 0 Å². The second-order valence-corrected chi connectivity index (χ2v) is 13.4. The lowest BCUT2D eigenvalue weighted by Crippen LogP contribution is -2.33. The summed E-state index contributed by atoms with van der Waals surface area (Å²) in [6, 6.07) is 24.8. The number of thiophene rings is 1. The smallest absolute Gasteiger partial charge is 0.341 e. The van der Waals surface area contributed by atoms with Gasteiger partial charge in [-0.2, -0.15) is 0 Å². The number of nitrogens with zero attached hydrogens (tertiary/aromatic N) is 1. The van der Waals surface area contributed by atoms with E-state index in [0.29, 0.717) is 46.2 Å². The molecule has 0 saturated carbocycles. The minimum Gasteiger partial charge on any atom is -0.465 e. The molecular formula is C36H34N4O6S2. The number of carbonyl (C=O) groups is 5. The van der Waals surface area contributed by atoms with Crippen LogP contribution in [0.5, 0.6) is 0 Å². The van der Waals surface area contributed by atoms with Gasteiger partial charge in [-0.1, -0.05) is 54.6 Å². The first-order valence-electron chi connectivity index (χ1n) is 15.1. The van der Waals surface area contributed by atoms with Gasteiger partial charge in [0.2, 0.25) is 11.8 Å². The second kappa shape index (κ2) is 15.6. The van der Waals surface area contributed by atoms with Gasteiger partial charge in [0.15, 0.2) is 0 Å². The van der Waals surface area contributed by atoms with Crippen LogP contribution in [0.15, 0.2) is 95.5 Å². The third-order valence-corrected chi connectivity index (χ3v) is 9.77. The summed E-state index contributed by atoms with van der Waals surface area (Å²) in [5.41, 5.74) is 2.80. The standard InChI is InChI=1S/C36H34N4O6S2/c1-22(32(42)39-35-31(36(45)46-3)28-17-18-40(23(2)41)21-30(28)48-35)47-27-16-10-15-26(20-27)37-34(44)29(19-24-11-6-4-7-12-24)38-33(43)25-13-8-5-9-14-25/h4-16,19-20,22H,17-18,21H2,1-3H3,(H,37,44)(H,38,43)(H,39,42)/b29-19-. The van der Waals surface area contributed by atoms with Crippen molar-refractivity contribution in [2.75, 3.05) is 24.3 Å². The summed E-state index contributed by atoms with van der Waals surface area (Å²) in [5, 5.41) is 8.30. The second-order valence-electron chi connectivity index (χ2n) is 10.9. The van der Waals surface area contributed by atoms with Gasteiger partial charge in [0, 0.05) is 34.5 Å². The summed E-state index contributed by atoms with van der Waals surface area (Å²) < 4.78 is 5.02. The first-order valence-corrected chi connectivity index (χ1v) is 16.8. The van der Waals surface area contributed by atoms with E-state index in [1.54, 1.807) is 66.4 Å². The van der Waals surface area contributed by atoms with Gasteiger partial charge < -0.3 is 25.6 Å². The van der Waals surface area contributed by atoms with Crippen LogP contribution in [0.2, 0.25) is 0 Å². The maximum absolute atomic E-state index is 13.5. The average Bonchev–Trinajstić information content (AvgIpc) is 3.45. The largest absolute Gasteiger partial charge is 0.465 e. The number of amides is 4. The Hall–Kier alpha value is -5.20. The number of benzene rings is 3. The number of fused-ring (bicyclic) bond motifs is 1. The maximum Gasteiger partial charge on any atom is 0.341 e. The summed E-state index contributed by atoms with van der Waals surface area (Å²) in [5.74, 6) is -1.85. The van der Waals surface area contributed by atoms with Crippen molar-refractivity contribution in [2.24, 2.45) is 0 Å². The third-order valence-electron chi connectivity index (χ3n) is 7.54. The Morgan fingerprint density at radius 2 is 1.65 bits per heavy atom. The van der Waals surface area contributed by atoms with Crippen LogP contribution in [0.4, 0.5) is 10.7 Å². The first-order chi connectivity index (χ1) is 23.1. The molecule has 0 saturated heterocycles. The fraction of sp³-hybridized carbons (Fsp3) is 0.194. The number of anilines is 2. The number of hydrogen-bond acceptors (Lipinski definition) is 8. The monoisotopic (exact) mass is 682 g/mol. The molecule has 2 heterocycles. The lowest BCUT2D eigenvalue weighted by Gasteiger charge is -2.25. The Balaban J connectivity index is 1.28. The molecule has 1 aliphatic heterocycles. The Bertz CT molecular complexity index is 1870. The van der Waals surface area contributed by atoms with Crippen molar-refractivity contribution in [1.82, 2.24) is 10.2 Å². The summed E-state index contributed by atoms with van der Waals surface area (Å²) in [6.07, 6.45) is 2.09. The molecule has 5 rings (SSSR count). The number of carbonyl (C=O) groups excluding carboxylic acids is 5. The average molecular weight is 683 g/mol. The zero-order chi connectivity index (χ0) is 34.2. The van der Waals surface area contributed by atoms with Crippen molar-refractivity contribution in [3.05, 3.63) is 118 Å². The molecule has 1 atom stereocenters. The lowest BCUT2D eigenvalue weighted by atomic mass is 10.0. The lowest BCUT2D eigenvalue weighted by molar-refractivity contribution is -0.129. The van der Waals surface area contributed by atoms with E-state index < -0.39 is 23.0 Å². The van der Waals surface area contributed by atoms with Crippen molar-refractivity contribution >= 4 is 69.5 Å². The third kappa shape index (κ3) is 8.38. The normalized spacial score (nSPS) is 13.1. The molecule has 1 aliphatic rings. The highest BCUT2D eigenvalue weighted by Crippen LogP contribution is 2.38. The van der Waals surface area contributed by atoms with Crippen molar-refractivity contribution in [1.29, 1.82) is 0 Å². The van der Waals surface area contributed by atoms with E-state index in [9.17, 15) is 24.0 Å². The molecule has 1 aromatic heterocycles. The predicted molar refractivity (Wildman–Crippen MR) is 188 cm³/mol. The Kier molecular flexibility index (Phi) is 11.1. The molecule has 3 N–H and O–H groups in total. The van der Waals surface area contributed by atoms with Gasteiger partial charge >= 0.3 is 5.97 Å². The van der Waals surface area contributed by atoms with Gasteiger partial charge in [-0.3, -0.25) is 19.2 Å². The van der Waals surface area contributed by atoms with E-state index in [-0.39, 0.29) is 17.5 Å². The van der Waals surface area contributed by atoms with Gasteiger partial charge in [-0.25, -0.2) is 4.79 Å². The summed E-state index contributed by atoms with van der Waals surface area (Å²) in [6.45, 7) is 4.11. The number of ether oxygens (including phenoxy) is 1.